The SMILES string of the molecule is Cc1c(C)c(C)c2c(c1C)Cc1c(C)c(C)c(C)c(-c3c4c(C)c(C)c(C)c(C)c4c(-c4c(C)c(C)c(-c5c(C)c(C)c6c(C)c(C)c(C)c(C)c6c5C)c5c(C)c(C)c(C)c(C)c45)c4c(C)c(C)c(C)c(C)c34)c1-2. The average molecular weight is 988 g/mol. The van der Waals surface area contributed by atoms with Crippen LogP contribution in [-0.4, -0.2) is 0 Å². The van der Waals surface area contributed by atoms with Crippen molar-refractivity contribution >= 4 is 43.1 Å². The number of hydrogen-bond acceptors (Lipinski definition) is 0. The van der Waals surface area contributed by atoms with Crippen LogP contribution in [0.5, 0.6) is 0 Å². The maximum Gasteiger partial charge on any atom is -0.000766 e. The number of hydrogen-bond donors (Lipinski definition) is 0. The Morgan fingerprint density at radius 3 is 0.693 bits per heavy atom. The summed E-state index contributed by atoms with van der Waals surface area (Å²) in [6, 6.07) is 0. The van der Waals surface area contributed by atoms with E-state index in [0.29, 0.717) is 0 Å². The topological polar surface area (TPSA) is 0 Å². The summed E-state index contributed by atoms with van der Waals surface area (Å²) in [6.45, 7) is 67.5. The van der Waals surface area contributed by atoms with E-state index in [4.69, 9.17) is 0 Å². The third-order valence-electron chi connectivity index (χ3n) is 22.3. The predicted octanol–water partition coefficient (Wildman–Crippen LogP) is 21.5. The van der Waals surface area contributed by atoms with Crippen molar-refractivity contribution in [1.29, 1.82) is 0 Å². The maximum absolute atomic E-state index is 2.49. The molecule has 10 rings (SSSR count). The molecule has 9 aromatic rings. The van der Waals surface area contributed by atoms with E-state index in [9.17, 15) is 0 Å². The van der Waals surface area contributed by atoms with E-state index in [2.05, 4.69) is 194 Å². The molecule has 0 heterocycles. The Bertz CT molecular complexity index is 4140. The Hall–Kier alpha value is -5.98. The van der Waals surface area contributed by atoms with Crippen LogP contribution in [0.25, 0.3) is 87.6 Å². The molecule has 0 fully saturated rings. The zero-order valence-electron chi connectivity index (χ0n) is 51.7. The van der Waals surface area contributed by atoms with E-state index < -0.39 is 0 Å². The Balaban J connectivity index is 1.54. The molecule has 0 radical (unpaired) electrons. The molecule has 0 saturated heterocycles. The fraction of sp³-hybridized carbons (Fsp3) is 0.387. The molecule has 0 heteroatoms. The number of rotatable bonds is 3. The van der Waals surface area contributed by atoms with E-state index in [0.717, 1.165) is 6.42 Å². The van der Waals surface area contributed by atoms with Crippen LogP contribution in [0.2, 0.25) is 0 Å². The van der Waals surface area contributed by atoms with Crippen LogP contribution in [0.3, 0.4) is 0 Å². The number of aryl methyl sites for hydroxylation is 10. The first-order valence-corrected chi connectivity index (χ1v) is 28.2. The minimum absolute atomic E-state index is 0.987. The molecule has 0 N–H and O–H groups in total. The minimum Gasteiger partial charge on any atom is -0.0447 e. The number of fused-ring (bicyclic) bond motifs is 7. The highest BCUT2D eigenvalue weighted by Crippen LogP contribution is 2.59. The fourth-order valence-corrected chi connectivity index (χ4v) is 15.5. The van der Waals surface area contributed by atoms with Gasteiger partial charge in [-0.2, -0.15) is 0 Å². The summed E-state index contributed by atoms with van der Waals surface area (Å²) in [6.07, 6.45) is 0.987. The molecule has 75 heavy (non-hydrogen) atoms. The molecule has 0 aromatic heterocycles. The van der Waals surface area contributed by atoms with Crippen LogP contribution < -0.4 is 0 Å². The predicted molar refractivity (Wildman–Crippen MR) is 334 cm³/mol. The monoisotopic (exact) mass is 987 g/mol. The molecule has 1 aliphatic rings. The quantitative estimate of drug-likeness (QED) is 0.155. The second-order valence-electron chi connectivity index (χ2n) is 24.6. The highest BCUT2D eigenvalue weighted by Gasteiger charge is 2.36. The van der Waals surface area contributed by atoms with Gasteiger partial charge in [-0.3, -0.25) is 0 Å². The Morgan fingerprint density at radius 2 is 0.320 bits per heavy atom. The molecule has 0 unspecified atom stereocenters. The van der Waals surface area contributed by atoms with Crippen LogP contribution in [-0.2, 0) is 6.42 Å². The molecule has 0 bridgehead atoms. The zero-order valence-corrected chi connectivity index (χ0v) is 51.7. The van der Waals surface area contributed by atoms with E-state index in [-0.39, 0.29) is 0 Å². The summed E-state index contributed by atoms with van der Waals surface area (Å²) in [7, 11) is 0. The minimum atomic E-state index is 0.987. The fourth-order valence-electron chi connectivity index (χ4n) is 15.5. The third kappa shape index (κ3) is 6.47. The lowest BCUT2D eigenvalue weighted by Crippen LogP contribution is -2.09. The smallest absolute Gasteiger partial charge is 0.000766 e. The highest BCUT2D eigenvalue weighted by molar-refractivity contribution is 6.30. The lowest BCUT2D eigenvalue weighted by Gasteiger charge is -2.32. The van der Waals surface area contributed by atoms with Gasteiger partial charge in [-0.15, -0.1) is 0 Å². The molecular formula is C75H86. The normalized spacial score (nSPS) is 12.5. The first kappa shape index (κ1) is 52.5. The van der Waals surface area contributed by atoms with Crippen molar-refractivity contribution in [1.82, 2.24) is 0 Å². The summed E-state index contributed by atoms with van der Waals surface area (Å²) in [5, 5.41) is 11.5. The molecule has 0 nitrogen and oxygen atoms in total. The van der Waals surface area contributed by atoms with E-state index in [1.807, 2.05) is 0 Å². The molecule has 0 amide bonds. The van der Waals surface area contributed by atoms with E-state index in [1.165, 1.54) is 255 Å². The highest BCUT2D eigenvalue weighted by atomic mass is 14.4. The van der Waals surface area contributed by atoms with Gasteiger partial charge in [0, 0.05) is 0 Å². The summed E-state index contributed by atoms with van der Waals surface area (Å²) in [4.78, 5) is 0. The lowest BCUT2D eigenvalue weighted by molar-refractivity contribution is 1.12. The van der Waals surface area contributed by atoms with Crippen LogP contribution in [0.15, 0.2) is 0 Å². The summed E-state index contributed by atoms with van der Waals surface area (Å²) in [5.41, 5.74) is 54.2. The third-order valence-corrected chi connectivity index (χ3v) is 22.3. The van der Waals surface area contributed by atoms with Gasteiger partial charge in [-0.1, -0.05) is 0 Å². The summed E-state index contributed by atoms with van der Waals surface area (Å²) in [5.74, 6) is 0. The molecule has 0 aliphatic heterocycles. The van der Waals surface area contributed by atoms with Gasteiger partial charge in [-0.25, -0.2) is 0 Å². The van der Waals surface area contributed by atoms with Gasteiger partial charge < -0.3 is 0 Å². The van der Waals surface area contributed by atoms with Crippen molar-refractivity contribution < 1.29 is 0 Å². The van der Waals surface area contributed by atoms with Gasteiger partial charge in [0.1, 0.15) is 0 Å². The van der Waals surface area contributed by atoms with Gasteiger partial charge in [0.25, 0.3) is 0 Å². The van der Waals surface area contributed by atoms with Crippen molar-refractivity contribution in [3.63, 3.8) is 0 Å². The Kier molecular flexibility index (Phi) is 12.1. The number of benzene rings is 9. The van der Waals surface area contributed by atoms with E-state index in [1.54, 1.807) is 0 Å². The van der Waals surface area contributed by atoms with Gasteiger partial charge in [0.05, 0.1) is 0 Å². The van der Waals surface area contributed by atoms with Crippen LogP contribution in [0.4, 0.5) is 0 Å². The standard InChI is InChI=1S/C75H86/c1-30-31(2)45(16)63-58(41(30)12)29-59-42(13)40(11)52(23)72(73(59)63)75-69-50(21)38(9)36(7)48(19)67(69)74(68-49(20)37(8)39(10)51(22)70(68)75)71-56(27)55(26)64(65-46(17)34(5)35(6)47(18)66(65)71)62-54(25)53(24)60-43(14)32(3)33(4)44(15)61(60)57(62)28/h29H2,1-28H3. The van der Waals surface area contributed by atoms with Gasteiger partial charge in [0.15, 0.2) is 0 Å². The molecule has 386 valence electrons. The molecule has 1 aliphatic carbocycles. The molecule has 0 spiro atoms. The van der Waals surface area contributed by atoms with Gasteiger partial charge >= 0.3 is 0 Å². The van der Waals surface area contributed by atoms with Crippen molar-refractivity contribution in [3.8, 4) is 44.5 Å². The molecule has 0 atom stereocenters. The molecule has 0 saturated carbocycles. The molecular weight excluding hydrogens is 901 g/mol. The Morgan fingerprint density at radius 1 is 0.120 bits per heavy atom. The first-order chi connectivity index (χ1) is 35.0. The second kappa shape index (κ2) is 17.3. The zero-order chi connectivity index (χ0) is 55.3. The van der Waals surface area contributed by atoms with Crippen molar-refractivity contribution in [2.45, 2.75) is 200 Å². The van der Waals surface area contributed by atoms with Gasteiger partial charge in [0.2, 0.25) is 0 Å². The first-order valence-electron chi connectivity index (χ1n) is 28.2. The molecule has 9 aromatic carbocycles. The lowest BCUT2D eigenvalue weighted by atomic mass is 9.71. The van der Waals surface area contributed by atoms with Gasteiger partial charge in [-0.05, 0) is 455 Å². The average Bonchev–Trinajstić information content (AvgIpc) is 3.85. The van der Waals surface area contributed by atoms with Crippen molar-refractivity contribution in [2.24, 2.45) is 0 Å². The summed E-state index contributed by atoms with van der Waals surface area (Å²) < 4.78 is 0. The Labute approximate surface area is 452 Å². The van der Waals surface area contributed by atoms with Crippen LogP contribution >= 0.6 is 0 Å². The summed E-state index contributed by atoms with van der Waals surface area (Å²) >= 11 is 0. The van der Waals surface area contributed by atoms with Crippen LogP contribution in [0.1, 0.15) is 167 Å². The maximum atomic E-state index is 2.49. The largest absolute Gasteiger partial charge is 0.0447 e. The van der Waals surface area contributed by atoms with Crippen LogP contribution in [0, 0.1) is 194 Å². The van der Waals surface area contributed by atoms with Crippen molar-refractivity contribution in [3.05, 3.63) is 167 Å². The second-order valence-corrected chi connectivity index (χ2v) is 24.6. The van der Waals surface area contributed by atoms with E-state index >= 15 is 0 Å². The van der Waals surface area contributed by atoms with Crippen molar-refractivity contribution in [2.75, 3.05) is 0 Å².